The van der Waals surface area contributed by atoms with Gasteiger partial charge in [0.05, 0.1) is 27.7 Å². The lowest BCUT2D eigenvalue weighted by Crippen LogP contribution is -2.36. The van der Waals surface area contributed by atoms with Crippen LogP contribution in [-0.4, -0.2) is 96.5 Å². The topological polar surface area (TPSA) is 254 Å². The maximum absolute atomic E-state index is 10.4. The third-order valence-electron chi connectivity index (χ3n) is 3.67. The second-order valence-corrected chi connectivity index (χ2v) is 8.38. The fourth-order valence-electron chi connectivity index (χ4n) is 1.90. The van der Waals surface area contributed by atoms with Crippen molar-refractivity contribution in [2.45, 2.75) is 38.3 Å². The van der Waals surface area contributed by atoms with Gasteiger partial charge in [-0.05, 0) is 24.8 Å². The summed E-state index contributed by atoms with van der Waals surface area (Å²) < 4.78 is 0.844. The maximum atomic E-state index is 10.4. The van der Waals surface area contributed by atoms with E-state index < -0.39 is 24.0 Å². The van der Waals surface area contributed by atoms with Gasteiger partial charge in [-0.3, -0.25) is 19.4 Å². The molecule has 35 heavy (non-hydrogen) atoms. The third kappa shape index (κ3) is 33.0. The zero-order valence-corrected chi connectivity index (χ0v) is 21.1. The van der Waals surface area contributed by atoms with Crippen LogP contribution in [0.15, 0.2) is 35.3 Å². The summed E-state index contributed by atoms with van der Waals surface area (Å²) >= 11 is 0. The number of rotatable bonds is 10. The molecule has 13 nitrogen and oxygen atoms in total. The molecule has 13 N–H and O–H groups in total. The number of carboxylic acid groups (broad SMARTS) is 2. The van der Waals surface area contributed by atoms with Gasteiger partial charge in [-0.1, -0.05) is 30.3 Å². The lowest BCUT2D eigenvalue weighted by atomic mass is 10.1. The van der Waals surface area contributed by atoms with Crippen LogP contribution in [-0.2, 0) is 20.8 Å². The van der Waals surface area contributed by atoms with E-state index >= 15 is 0 Å². The first-order valence-corrected chi connectivity index (χ1v) is 10.8. The van der Waals surface area contributed by atoms with Gasteiger partial charge in [0.25, 0.3) is 0 Å². The predicted octanol–water partition coefficient (Wildman–Crippen LogP) is -1.73. The van der Waals surface area contributed by atoms with Crippen LogP contribution < -0.4 is 28.7 Å². The number of aliphatic hydroxyl groups excluding tert-OH is 1. The molecular formula is C22H44N7O6+. The van der Waals surface area contributed by atoms with Crippen molar-refractivity contribution >= 4 is 23.8 Å². The van der Waals surface area contributed by atoms with Gasteiger partial charge in [-0.2, -0.15) is 0 Å². The molecule has 1 amide bonds. The van der Waals surface area contributed by atoms with E-state index in [1.807, 2.05) is 30.3 Å². The minimum Gasteiger partial charge on any atom is -0.480 e. The second kappa shape index (κ2) is 21.3. The molecule has 0 saturated carbocycles. The number of hydrogen-bond donors (Lipinski definition) is 8. The van der Waals surface area contributed by atoms with Gasteiger partial charge >= 0.3 is 11.9 Å². The molecule has 0 spiro atoms. The quantitative estimate of drug-likeness (QED) is 0.0775. The van der Waals surface area contributed by atoms with E-state index in [9.17, 15) is 14.4 Å². The molecule has 13 heteroatoms. The number of guanidine groups is 1. The Bertz CT molecular complexity index is 732. The zero-order valence-electron chi connectivity index (χ0n) is 21.1. The Morgan fingerprint density at radius 2 is 1.40 bits per heavy atom. The molecule has 202 valence electrons. The summed E-state index contributed by atoms with van der Waals surface area (Å²) in [5, 5.41) is 25.3. The van der Waals surface area contributed by atoms with E-state index in [2.05, 4.69) is 31.9 Å². The predicted molar refractivity (Wildman–Crippen MR) is 136 cm³/mol. The first-order chi connectivity index (χ1) is 16.0. The van der Waals surface area contributed by atoms with Crippen LogP contribution in [0.4, 0.5) is 0 Å². The van der Waals surface area contributed by atoms with Crippen LogP contribution in [0.25, 0.3) is 0 Å². The van der Waals surface area contributed by atoms with E-state index in [0.29, 0.717) is 25.8 Å². The molecule has 1 aromatic carbocycles. The van der Waals surface area contributed by atoms with Gasteiger partial charge in [0.1, 0.15) is 18.6 Å². The van der Waals surface area contributed by atoms with E-state index in [0.717, 1.165) is 16.6 Å². The molecular weight excluding hydrogens is 458 g/mol. The molecule has 0 aromatic heterocycles. The van der Waals surface area contributed by atoms with Crippen molar-refractivity contribution in [3.63, 3.8) is 0 Å². The summed E-state index contributed by atoms with van der Waals surface area (Å²) in [6.07, 6.45) is 1.34. The van der Waals surface area contributed by atoms with E-state index in [4.69, 9.17) is 38.3 Å². The third-order valence-corrected chi connectivity index (χ3v) is 3.67. The average molecular weight is 503 g/mol. The normalized spacial score (nSPS) is 11.5. The summed E-state index contributed by atoms with van der Waals surface area (Å²) in [4.78, 5) is 33.5. The molecule has 2 unspecified atom stereocenters. The number of carbonyl (C=O) groups excluding carboxylic acids is 1. The zero-order chi connectivity index (χ0) is 28.0. The molecule has 0 heterocycles. The molecule has 0 aliphatic rings. The van der Waals surface area contributed by atoms with Crippen molar-refractivity contribution in [3.8, 4) is 0 Å². The number of carbonyl (C=O) groups is 3. The van der Waals surface area contributed by atoms with Crippen LogP contribution >= 0.6 is 0 Å². The number of hydrogen-bond acceptors (Lipinski definition) is 7. The number of nitrogens with two attached hydrogens (primary N) is 5. The summed E-state index contributed by atoms with van der Waals surface area (Å²) in [7, 11) is 6.16. The monoisotopic (exact) mass is 502 g/mol. The Labute approximate surface area is 207 Å². The number of amides is 1. The average Bonchev–Trinajstić information content (AvgIpc) is 2.71. The van der Waals surface area contributed by atoms with E-state index in [1.165, 1.54) is 6.92 Å². The summed E-state index contributed by atoms with van der Waals surface area (Å²) in [6, 6.07) is 7.72. The SMILES string of the molecule is CC(N)=O.C[N+](C)(C)CCO.NC(Cc1ccccc1)C(=O)O.NC(N)=NCCCC(N)C(=O)O. The first kappa shape index (κ1) is 36.3. The molecule has 0 aliphatic carbocycles. The van der Waals surface area contributed by atoms with Crippen molar-refractivity contribution in [2.75, 3.05) is 40.8 Å². The Balaban J connectivity index is -0.000000420. The van der Waals surface area contributed by atoms with Crippen molar-refractivity contribution in [1.82, 2.24) is 0 Å². The number of primary amides is 1. The molecule has 0 radical (unpaired) electrons. The van der Waals surface area contributed by atoms with Gasteiger partial charge < -0.3 is 48.5 Å². The first-order valence-electron chi connectivity index (χ1n) is 10.8. The van der Waals surface area contributed by atoms with Gasteiger partial charge in [0, 0.05) is 13.5 Å². The van der Waals surface area contributed by atoms with Gasteiger partial charge in [-0.25, -0.2) is 0 Å². The minimum atomic E-state index is -1.00. The van der Waals surface area contributed by atoms with Crippen LogP contribution in [0.5, 0.6) is 0 Å². The standard InChI is InChI=1S/C9H11NO2.C6H14N4O2.C5H14NO.C2H5NO/c10-8(9(11)12)6-7-4-2-1-3-5-7;7-4(5(11)12)2-1-3-10-6(8)9;1-6(2,3)4-5-7;1-2(3)4/h1-5,8H,6,10H2,(H,11,12);4H,1-3,7H2,(H,11,12)(H4,8,9,10);7H,4-5H2,1-3H3;1H3,(H2,3,4)/q;;+1;. The number of nitrogens with zero attached hydrogens (tertiary/aromatic N) is 2. The highest BCUT2D eigenvalue weighted by molar-refractivity contribution is 5.75. The largest absolute Gasteiger partial charge is 0.480 e. The lowest BCUT2D eigenvalue weighted by molar-refractivity contribution is -0.870. The molecule has 0 bridgehead atoms. The van der Waals surface area contributed by atoms with Gasteiger partial charge in [0.2, 0.25) is 5.91 Å². The second-order valence-electron chi connectivity index (χ2n) is 8.38. The molecule has 1 rings (SSSR count). The maximum Gasteiger partial charge on any atom is 0.320 e. The Kier molecular flexibility index (Phi) is 22.1. The van der Waals surface area contributed by atoms with Gasteiger partial charge in [-0.15, -0.1) is 0 Å². The number of carboxylic acids is 2. The number of aliphatic imine (C=N–C) groups is 1. The van der Waals surface area contributed by atoms with Crippen molar-refractivity contribution < 1.29 is 34.2 Å². The van der Waals surface area contributed by atoms with Crippen molar-refractivity contribution in [3.05, 3.63) is 35.9 Å². The van der Waals surface area contributed by atoms with Crippen LogP contribution in [0, 0.1) is 0 Å². The fourth-order valence-corrected chi connectivity index (χ4v) is 1.90. The van der Waals surface area contributed by atoms with E-state index in [1.54, 1.807) is 0 Å². The Morgan fingerprint density at radius 1 is 0.943 bits per heavy atom. The smallest absolute Gasteiger partial charge is 0.320 e. The van der Waals surface area contributed by atoms with Gasteiger partial charge in [0.15, 0.2) is 5.96 Å². The Morgan fingerprint density at radius 3 is 1.71 bits per heavy atom. The van der Waals surface area contributed by atoms with Crippen LogP contribution in [0.1, 0.15) is 25.3 Å². The molecule has 0 saturated heterocycles. The summed E-state index contributed by atoms with van der Waals surface area (Å²) in [6.45, 7) is 2.84. The Hall–Kier alpha value is -3.26. The summed E-state index contributed by atoms with van der Waals surface area (Å²) in [5.74, 6) is -2.28. The molecule has 1 aromatic rings. The highest BCUT2D eigenvalue weighted by Crippen LogP contribution is 2.01. The summed E-state index contributed by atoms with van der Waals surface area (Å²) in [5.41, 5.74) is 26.1. The number of aliphatic carboxylic acids is 2. The molecule has 2 atom stereocenters. The van der Waals surface area contributed by atoms with Crippen LogP contribution in [0.3, 0.4) is 0 Å². The minimum absolute atomic E-state index is 0.0129. The highest BCUT2D eigenvalue weighted by atomic mass is 16.4. The lowest BCUT2D eigenvalue weighted by Gasteiger charge is -2.21. The highest BCUT2D eigenvalue weighted by Gasteiger charge is 2.11. The fraction of sp³-hybridized carbons (Fsp3) is 0.545. The molecule has 0 fully saturated rings. The number of benzene rings is 1. The molecule has 0 aliphatic heterocycles. The van der Waals surface area contributed by atoms with E-state index in [-0.39, 0.29) is 18.5 Å². The number of aliphatic hydroxyl groups is 1. The van der Waals surface area contributed by atoms with Crippen LogP contribution in [0.2, 0.25) is 0 Å². The number of likely N-dealkylation sites (N-methyl/N-ethyl adjacent to an activating group) is 1. The number of quaternary nitrogens is 1. The van der Waals surface area contributed by atoms with Crippen molar-refractivity contribution in [2.24, 2.45) is 33.7 Å². The van der Waals surface area contributed by atoms with Crippen molar-refractivity contribution in [1.29, 1.82) is 0 Å².